The van der Waals surface area contributed by atoms with Crippen LogP contribution in [0.3, 0.4) is 0 Å². The fourth-order valence-electron chi connectivity index (χ4n) is 2.19. The molecule has 0 aromatic heterocycles. The number of hydrogen-bond donors (Lipinski definition) is 1. The molecular weight excluding hydrogens is 387 g/mol. The second-order valence-electron chi connectivity index (χ2n) is 6.72. The molecular formula is C24H35KN2O2-2. The molecule has 1 aliphatic rings. The summed E-state index contributed by atoms with van der Waals surface area (Å²) >= 11 is 0. The Morgan fingerprint density at radius 2 is 1.76 bits per heavy atom. The number of carbonyl (C=O) groups is 1. The molecule has 156 valence electrons. The van der Waals surface area contributed by atoms with Gasteiger partial charge in [-0.2, -0.15) is 29.7 Å². The number of aliphatic imine (C=N–C) groups is 1. The van der Waals surface area contributed by atoms with Crippen molar-refractivity contribution in [2.75, 3.05) is 0 Å². The number of rotatable bonds is 9. The van der Waals surface area contributed by atoms with Crippen LogP contribution in [-0.4, -0.2) is 18.4 Å². The maximum atomic E-state index is 10.5. The van der Waals surface area contributed by atoms with Crippen LogP contribution in [0.5, 0.6) is 0 Å². The Labute approximate surface area is 220 Å². The van der Waals surface area contributed by atoms with Gasteiger partial charge in [0, 0.05) is 6.42 Å². The second-order valence-corrected chi connectivity index (χ2v) is 6.72. The van der Waals surface area contributed by atoms with Gasteiger partial charge in [0.1, 0.15) is 5.78 Å². The van der Waals surface area contributed by atoms with Gasteiger partial charge in [-0.1, -0.05) is 71.7 Å². The van der Waals surface area contributed by atoms with Crippen molar-refractivity contribution >= 4 is 18.4 Å². The molecule has 2 N–H and O–H groups in total. The van der Waals surface area contributed by atoms with Gasteiger partial charge >= 0.3 is 51.4 Å². The van der Waals surface area contributed by atoms with E-state index in [1.54, 1.807) is 6.92 Å². The Hall–Kier alpha value is -0.724. The van der Waals surface area contributed by atoms with Crippen molar-refractivity contribution < 1.29 is 61.0 Å². The first-order chi connectivity index (χ1) is 13.5. The third-order valence-corrected chi connectivity index (χ3v) is 4.19. The summed E-state index contributed by atoms with van der Waals surface area (Å²) in [6.45, 7) is 7.35. The predicted octanol–water partition coefficient (Wildman–Crippen LogP) is 2.45. The van der Waals surface area contributed by atoms with E-state index in [-0.39, 0.29) is 57.2 Å². The summed E-state index contributed by atoms with van der Waals surface area (Å²) in [5.74, 6) is 1.26. The van der Waals surface area contributed by atoms with E-state index in [0.717, 1.165) is 12.3 Å². The number of carbonyl (C=O) groups excluding carboxylic acids is 2. The van der Waals surface area contributed by atoms with E-state index in [9.17, 15) is 9.59 Å². The molecule has 1 aliphatic carbocycles. The van der Waals surface area contributed by atoms with Crippen molar-refractivity contribution in [1.29, 1.82) is 0 Å². The summed E-state index contributed by atoms with van der Waals surface area (Å²) in [6.07, 6.45) is 13.6. The van der Waals surface area contributed by atoms with Gasteiger partial charge in [-0.25, -0.2) is 0 Å². The molecule has 1 saturated carbocycles. The van der Waals surface area contributed by atoms with Gasteiger partial charge in [0.2, 0.25) is 0 Å². The minimum atomic E-state index is 0. The van der Waals surface area contributed by atoms with E-state index in [2.05, 4.69) is 48.1 Å². The van der Waals surface area contributed by atoms with Gasteiger partial charge in [-0.15, -0.1) is 17.8 Å². The first kappa shape index (κ1) is 30.5. The van der Waals surface area contributed by atoms with Gasteiger partial charge in [-0.3, -0.25) is 0 Å². The topological polar surface area (TPSA) is 72.5 Å². The van der Waals surface area contributed by atoms with E-state index in [1.807, 2.05) is 27.1 Å². The van der Waals surface area contributed by atoms with Crippen LogP contribution < -0.4 is 57.1 Å². The Bertz CT molecular complexity index is 609. The standard InChI is InChI=1S/C11H13.C9H14N2O.C4H8O.K/c1-2-4-10(5-3-1)6-7-11-8-9-11;1-3-5-8(6-12)9(4-2)11-7-10;1-3-4(2)5;/h1-6,11H,7-9H2;3-5H2,1-2H3,(H2,10,11);3H2,1-2H3;/q-1;-2;;+1/b;9-8-;;. The Kier molecular flexibility index (Phi) is 21.6. The molecule has 1 fully saturated rings. The van der Waals surface area contributed by atoms with Crippen LogP contribution in [0, 0.1) is 12.3 Å². The molecule has 0 saturated heterocycles. The summed E-state index contributed by atoms with van der Waals surface area (Å²) in [5, 5.41) is 0. The minimum absolute atomic E-state index is 0. The first-order valence-corrected chi connectivity index (χ1v) is 10.2. The van der Waals surface area contributed by atoms with Crippen LogP contribution in [-0.2, 0) is 9.59 Å². The average molecular weight is 423 g/mol. The summed E-state index contributed by atoms with van der Waals surface area (Å²) in [5.41, 5.74) is 7.69. The number of allylic oxidation sites excluding steroid dienone is 2. The predicted molar refractivity (Wildman–Crippen MR) is 118 cm³/mol. The molecule has 5 heteroatoms. The SMILES string of the molecule is CCC(C)=O.CCC/C([C-]=O)=C(\CC)N=[C-]N.[K+].c1ccc([CH-]CC2CC2)cc1. The van der Waals surface area contributed by atoms with Crippen LogP contribution in [0.15, 0.2) is 46.6 Å². The molecule has 4 nitrogen and oxygen atoms in total. The van der Waals surface area contributed by atoms with Crippen LogP contribution in [0.1, 0.15) is 78.2 Å². The van der Waals surface area contributed by atoms with Crippen LogP contribution in [0.4, 0.5) is 0 Å². The number of benzene rings is 1. The zero-order valence-electron chi connectivity index (χ0n) is 18.8. The molecule has 0 radical (unpaired) electrons. The molecule has 1 aromatic rings. The maximum Gasteiger partial charge on any atom is 1.00 e. The van der Waals surface area contributed by atoms with E-state index in [1.165, 1.54) is 24.8 Å². The molecule has 0 bridgehead atoms. The molecule has 0 amide bonds. The van der Waals surface area contributed by atoms with Crippen LogP contribution >= 0.6 is 0 Å². The normalized spacial score (nSPS) is 13.0. The Morgan fingerprint density at radius 3 is 2.14 bits per heavy atom. The largest absolute Gasteiger partial charge is 1.00 e. The number of Topliss-reactive ketones (excluding diaryl/α,β-unsaturated/α-hetero) is 1. The van der Waals surface area contributed by atoms with Gasteiger partial charge in [-0.05, 0) is 19.1 Å². The zero-order valence-corrected chi connectivity index (χ0v) is 22.0. The van der Waals surface area contributed by atoms with Gasteiger partial charge in [0.05, 0.1) is 0 Å². The van der Waals surface area contributed by atoms with Crippen molar-refractivity contribution in [3.63, 3.8) is 0 Å². The van der Waals surface area contributed by atoms with Gasteiger partial charge in [0.15, 0.2) is 0 Å². The third kappa shape index (κ3) is 17.8. The van der Waals surface area contributed by atoms with E-state index in [4.69, 9.17) is 5.73 Å². The number of hydrogen-bond acceptors (Lipinski definition) is 3. The quantitative estimate of drug-likeness (QED) is 0.166. The third-order valence-electron chi connectivity index (χ3n) is 4.19. The van der Waals surface area contributed by atoms with Crippen molar-refractivity contribution in [1.82, 2.24) is 0 Å². The fraction of sp³-hybridized carbons (Fsp3) is 0.500. The summed E-state index contributed by atoms with van der Waals surface area (Å²) < 4.78 is 0. The fourth-order valence-corrected chi connectivity index (χ4v) is 2.19. The van der Waals surface area contributed by atoms with Crippen molar-refractivity contribution in [2.24, 2.45) is 16.6 Å². The number of nitrogens with two attached hydrogens (primary N) is 1. The smallest absolute Gasteiger partial charge is 0.473 e. The molecule has 29 heavy (non-hydrogen) atoms. The van der Waals surface area contributed by atoms with Crippen molar-refractivity contribution in [3.05, 3.63) is 53.6 Å². The van der Waals surface area contributed by atoms with Crippen molar-refractivity contribution in [3.8, 4) is 0 Å². The second kappa shape index (κ2) is 20.5. The molecule has 0 atom stereocenters. The molecule has 0 spiro atoms. The molecule has 0 aliphatic heterocycles. The summed E-state index contributed by atoms with van der Waals surface area (Å²) in [6, 6.07) is 10.6. The Morgan fingerprint density at radius 1 is 1.17 bits per heavy atom. The van der Waals surface area contributed by atoms with E-state index in [0.29, 0.717) is 30.5 Å². The maximum absolute atomic E-state index is 10.5. The number of ketones is 1. The van der Waals surface area contributed by atoms with Crippen LogP contribution in [0.25, 0.3) is 0 Å². The molecule has 2 rings (SSSR count). The average Bonchev–Trinajstić information content (AvgIpc) is 3.55. The van der Waals surface area contributed by atoms with Crippen LogP contribution in [0.2, 0.25) is 0 Å². The number of nitrogens with zero attached hydrogens (tertiary/aromatic N) is 1. The molecule has 0 heterocycles. The molecule has 1 aromatic carbocycles. The van der Waals surface area contributed by atoms with E-state index >= 15 is 0 Å². The molecule has 0 unspecified atom stereocenters. The Balaban J connectivity index is 0. The van der Waals surface area contributed by atoms with Gasteiger partial charge in [0.25, 0.3) is 0 Å². The van der Waals surface area contributed by atoms with E-state index < -0.39 is 0 Å². The van der Waals surface area contributed by atoms with Gasteiger partial charge < -0.3 is 20.3 Å². The summed E-state index contributed by atoms with van der Waals surface area (Å²) in [7, 11) is 0. The zero-order chi connectivity index (χ0) is 21.2. The monoisotopic (exact) mass is 422 g/mol. The minimum Gasteiger partial charge on any atom is -0.473 e. The first-order valence-electron chi connectivity index (χ1n) is 10.2. The van der Waals surface area contributed by atoms with Crippen molar-refractivity contribution in [2.45, 2.75) is 72.6 Å². The summed E-state index contributed by atoms with van der Waals surface area (Å²) in [4.78, 5) is 24.0.